The second-order valence-corrected chi connectivity index (χ2v) is 7.14. The summed E-state index contributed by atoms with van der Waals surface area (Å²) in [5, 5.41) is 10.9. The molecule has 1 amide bonds. The molecule has 0 radical (unpaired) electrons. The van der Waals surface area contributed by atoms with Crippen LogP contribution in [0, 0.1) is 24.1 Å². The number of para-hydroxylation sites is 1. The van der Waals surface area contributed by atoms with Gasteiger partial charge in [-0.1, -0.05) is 72.3 Å². The van der Waals surface area contributed by atoms with Crippen LogP contribution in [-0.2, 0) is 4.79 Å². The van der Waals surface area contributed by atoms with Crippen molar-refractivity contribution in [3.63, 3.8) is 0 Å². The zero-order valence-corrected chi connectivity index (χ0v) is 17.0. The fourth-order valence-corrected chi connectivity index (χ4v) is 3.44. The minimum absolute atomic E-state index is 0.0609. The predicted molar refractivity (Wildman–Crippen MR) is 115 cm³/mol. The van der Waals surface area contributed by atoms with Crippen LogP contribution in [0.4, 0.5) is 10.1 Å². The largest absolute Gasteiger partial charge is 0.328 e. The van der Waals surface area contributed by atoms with Crippen molar-refractivity contribution in [2.24, 2.45) is 0 Å². The Morgan fingerprint density at radius 2 is 1.63 bits per heavy atom. The lowest BCUT2D eigenvalue weighted by Crippen LogP contribution is -2.87. The van der Waals surface area contributed by atoms with E-state index in [1.54, 1.807) is 18.2 Å². The number of halogens is 1. The van der Waals surface area contributed by atoms with Crippen LogP contribution >= 0.6 is 0 Å². The zero-order chi connectivity index (χ0) is 21.3. The monoisotopic (exact) mass is 402 g/mol. The minimum atomic E-state index is -0.470. The fourth-order valence-electron chi connectivity index (χ4n) is 3.44. The lowest BCUT2D eigenvalue weighted by molar-refractivity contribution is -0.676. The minimum Gasteiger partial charge on any atom is -0.328 e. The topological polar surface area (TPSA) is 60.7 Å². The Bertz CT molecular complexity index is 1010. The number of nitriles is 1. The van der Waals surface area contributed by atoms with E-state index in [1.807, 2.05) is 48.6 Å². The number of hydrogen-bond acceptors (Lipinski definition) is 2. The third kappa shape index (κ3) is 5.31. The van der Waals surface area contributed by atoms with Crippen molar-refractivity contribution < 1.29 is 14.5 Å². The number of benzene rings is 3. The maximum Gasteiger partial charge on any atom is 0.282 e. The van der Waals surface area contributed by atoms with Crippen molar-refractivity contribution in [3.05, 3.63) is 101 Å². The average molecular weight is 402 g/mol. The average Bonchev–Trinajstić information content (AvgIpc) is 2.77. The number of rotatable bonds is 8. The van der Waals surface area contributed by atoms with E-state index in [-0.39, 0.29) is 37.1 Å². The van der Waals surface area contributed by atoms with Crippen LogP contribution in [0.15, 0.2) is 78.9 Å². The maximum atomic E-state index is 14.3. The fraction of sp³-hybridized carbons (Fsp3) is 0.200. The molecular formula is C25H25FN3O+. The summed E-state index contributed by atoms with van der Waals surface area (Å²) < 4.78 is 14.3. The lowest BCUT2D eigenvalue weighted by Gasteiger charge is -2.23. The van der Waals surface area contributed by atoms with Gasteiger partial charge in [0.05, 0.1) is 18.2 Å². The second kappa shape index (κ2) is 10.3. The molecule has 0 aromatic heterocycles. The molecule has 0 spiro atoms. The number of hydrogen-bond donors (Lipinski definition) is 1. The highest BCUT2D eigenvalue weighted by Crippen LogP contribution is 2.20. The Hall–Kier alpha value is -3.49. The molecule has 0 aliphatic rings. The normalized spacial score (nSPS) is 11.5. The van der Waals surface area contributed by atoms with Crippen LogP contribution in [0.5, 0.6) is 0 Å². The molecule has 3 aromatic rings. The Kier molecular flexibility index (Phi) is 7.31. The first-order valence-electron chi connectivity index (χ1n) is 9.97. The molecule has 0 bridgehead atoms. The van der Waals surface area contributed by atoms with Gasteiger partial charge in [0.2, 0.25) is 0 Å². The molecule has 4 nitrogen and oxygen atoms in total. The summed E-state index contributed by atoms with van der Waals surface area (Å²) in [4.78, 5) is 14.4. The van der Waals surface area contributed by atoms with Gasteiger partial charge in [-0.15, -0.1) is 0 Å². The highest BCUT2D eigenvalue weighted by molar-refractivity contribution is 5.94. The summed E-state index contributed by atoms with van der Waals surface area (Å²) in [5.41, 5.74) is 3.55. The van der Waals surface area contributed by atoms with Gasteiger partial charge in [-0.3, -0.25) is 4.79 Å². The van der Waals surface area contributed by atoms with Gasteiger partial charge in [0, 0.05) is 17.7 Å². The SMILES string of the molecule is Cc1ccc([C@H]([NH2+]CC(=O)N(CCC#N)c2ccccc2F)c2ccccc2)cc1. The summed E-state index contributed by atoms with van der Waals surface area (Å²) in [6.07, 6.45) is 0.139. The molecule has 0 unspecified atom stereocenters. The molecule has 152 valence electrons. The summed E-state index contributed by atoms with van der Waals surface area (Å²) in [7, 11) is 0. The standard InChI is InChI=1S/C25H24FN3O/c1-19-12-14-21(15-13-19)25(20-8-3-2-4-9-20)28-18-24(30)29(17-7-16-27)23-11-6-5-10-22(23)26/h2-6,8-15,25,28H,7,17-18H2,1H3/p+1/t25-/m1/s1. The van der Waals surface area contributed by atoms with Crippen LogP contribution in [0.25, 0.3) is 0 Å². The third-order valence-corrected chi connectivity index (χ3v) is 5.01. The Morgan fingerprint density at radius 3 is 2.30 bits per heavy atom. The van der Waals surface area contributed by atoms with Crippen LogP contribution in [0.3, 0.4) is 0 Å². The predicted octanol–water partition coefficient (Wildman–Crippen LogP) is 3.73. The van der Waals surface area contributed by atoms with E-state index in [0.29, 0.717) is 0 Å². The Labute approximate surface area is 176 Å². The van der Waals surface area contributed by atoms with E-state index in [1.165, 1.54) is 16.5 Å². The van der Waals surface area contributed by atoms with Gasteiger partial charge < -0.3 is 10.2 Å². The molecule has 2 N–H and O–H groups in total. The molecule has 0 heterocycles. The molecule has 3 aromatic carbocycles. The Balaban J connectivity index is 1.82. The van der Waals surface area contributed by atoms with Crippen LogP contribution in [-0.4, -0.2) is 19.0 Å². The van der Waals surface area contributed by atoms with Gasteiger partial charge >= 0.3 is 0 Å². The van der Waals surface area contributed by atoms with E-state index >= 15 is 0 Å². The van der Waals surface area contributed by atoms with Crippen molar-refractivity contribution in [2.45, 2.75) is 19.4 Å². The van der Waals surface area contributed by atoms with Crippen molar-refractivity contribution in [2.75, 3.05) is 18.0 Å². The number of aryl methyl sites for hydroxylation is 1. The van der Waals surface area contributed by atoms with Gasteiger partial charge in [-0.05, 0) is 19.1 Å². The molecule has 1 atom stereocenters. The van der Waals surface area contributed by atoms with E-state index in [2.05, 4.69) is 24.3 Å². The zero-order valence-electron chi connectivity index (χ0n) is 17.0. The molecule has 30 heavy (non-hydrogen) atoms. The van der Waals surface area contributed by atoms with E-state index in [0.717, 1.165) is 11.1 Å². The van der Waals surface area contributed by atoms with Crippen LogP contribution < -0.4 is 10.2 Å². The summed E-state index contributed by atoms with van der Waals surface area (Å²) in [5.74, 6) is -0.703. The number of carbonyl (C=O) groups excluding carboxylic acids is 1. The van der Waals surface area contributed by atoms with E-state index in [9.17, 15) is 9.18 Å². The first-order chi connectivity index (χ1) is 14.6. The Morgan fingerprint density at radius 1 is 1.00 bits per heavy atom. The van der Waals surface area contributed by atoms with Gasteiger partial charge in [-0.25, -0.2) is 4.39 Å². The number of carbonyl (C=O) groups is 1. The van der Waals surface area contributed by atoms with Crippen LogP contribution in [0.1, 0.15) is 29.2 Å². The molecule has 0 aliphatic carbocycles. The second-order valence-electron chi connectivity index (χ2n) is 7.14. The first kappa shape index (κ1) is 21.2. The number of nitrogens with two attached hydrogens (primary N) is 1. The lowest BCUT2D eigenvalue weighted by atomic mass is 9.98. The van der Waals surface area contributed by atoms with Crippen molar-refractivity contribution in [1.82, 2.24) is 0 Å². The van der Waals surface area contributed by atoms with Gasteiger partial charge in [0.1, 0.15) is 11.9 Å². The molecule has 0 saturated carbocycles. The van der Waals surface area contributed by atoms with Gasteiger partial charge in [0.25, 0.3) is 5.91 Å². The van der Waals surface area contributed by atoms with E-state index < -0.39 is 5.82 Å². The highest BCUT2D eigenvalue weighted by atomic mass is 19.1. The third-order valence-electron chi connectivity index (χ3n) is 5.01. The summed E-state index contributed by atoms with van der Waals surface area (Å²) in [6.45, 7) is 2.33. The van der Waals surface area contributed by atoms with Crippen molar-refractivity contribution in [1.29, 1.82) is 5.26 Å². The molecule has 5 heteroatoms. The number of nitrogens with zero attached hydrogens (tertiary/aromatic N) is 2. The van der Waals surface area contributed by atoms with Gasteiger partial charge in [0.15, 0.2) is 6.54 Å². The molecular weight excluding hydrogens is 377 g/mol. The molecule has 3 rings (SSSR count). The van der Waals surface area contributed by atoms with Crippen LogP contribution in [0.2, 0.25) is 0 Å². The molecule has 0 aliphatic heterocycles. The quantitative estimate of drug-likeness (QED) is 0.624. The van der Waals surface area contributed by atoms with E-state index in [4.69, 9.17) is 5.26 Å². The smallest absolute Gasteiger partial charge is 0.282 e. The molecule has 0 fully saturated rings. The highest BCUT2D eigenvalue weighted by Gasteiger charge is 2.23. The number of anilines is 1. The maximum absolute atomic E-state index is 14.3. The summed E-state index contributed by atoms with van der Waals surface area (Å²) >= 11 is 0. The number of quaternary nitrogens is 1. The molecule has 0 saturated heterocycles. The van der Waals surface area contributed by atoms with Crippen molar-refractivity contribution in [3.8, 4) is 6.07 Å². The van der Waals surface area contributed by atoms with Gasteiger partial charge in [-0.2, -0.15) is 5.26 Å². The number of amides is 1. The van der Waals surface area contributed by atoms with Crippen molar-refractivity contribution >= 4 is 11.6 Å². The first-order valence-corrected chi connectivity index (χ1v) is 9.97. The summed E-state index contributed by atoms with van der Waals surface area (Å²) in [6, 6.07) is 26.4.